The van der Waals surface area contributed by atoms with Crippen molar-refractivity contribution in [1.29, 1.82) is 0 Å². The van der Waals surface area contributed by atoms with E-state index in [1.165, 1.54) is 11.1 Å². The third-order valence-corrected chi connectivity index (χ3v) is 6.16. The first kappa shape index (κ1) is 23.6. The molecule has 4 aromatic rings. The minimum atomic E-state index is 0.107. The Morgan fingerprint density at radius 3 is 0.882 bits per heavy atom. The molecule has 0 heterocycles. The Balaban J connectivity index is 1.90. The number of rotatable bonds is 5. The molecule has 2 nitrogen and oxygen atoms in total. The van der Waals surface area contributed by atoms with Crippen molar-refractivity contribution in [2.24, 2.45) is 0 Å². The molecule has 0 bridgehead atoms. The number of hydrogen-bond donors (Lipinski definition) is 0. The number of hydrazine groups is 1. The minimum absolute atomic E-state index is 0.107. The molecule has 34 heavy (non-hydrogen) atoms. The molecule has 0 radical (unpaired) electrons. The third-order valence-electron chi connectivity index (χ3n) is 6.16. The van der Waals surface area contributed by atoms with Gasteiger partial charge in [0.1, 0.15) is 0 Å². The van der Waals surface area contributed by atoms with Gasteiger partial charge in [0, 0.05) is 0 Å². The van der Waals surface area contributed by atoms with Crippen molar-refractivity contribution >= 4 is 22.7 Å². The standard InChI is InChI=1S/C32H36N2/c1-31(2,3)25-17-21-29(22-18-25)34(30-23-19-26(20-24-30)32(4,5)6)33(27-13-9-7-10-14-27)28-15-11-8-12-16-28/h7-24H,1-6H3. The van der Waals surface area contributed by atoms with E-state index in [1.54, 1.807) is 0 Å². The maximum Gasteiger partial charge on any atom is 0.0637 e. The Labute approximate surface area is 205 Å². The minimum Gasteiger partial charge on any atom is -0.249 e. The fraction of sp³-hybridized carbons (Fsp3) is 0.250. The Bertz CT molecular complexity index is 1080. The van der Waals surface area contributed by atoms with Gasteiger partial charge < -0.3 is 0 Å². The van der Waals surface area contributed by atoms with Gasteiger partial charge in [-0.1, -0.05) is 102 Å². The van der Waals surface area contributed by atoms with Crippen LogP contribution in [0.15, 0.2) is 109 Å². The summed E-state index contributed by atoms with van der Waals surface area (Å²) in [7, 11) is 0. The highest BCUT2D eigenvalue weighted by molar-refractivity contribution is 5.77. The van der Waals surface area contributed by atoms with Crippen molar-refractivity contribution in [3.8, 4) is 0 Å². The van der Waals surface area contributed by atoms with E-state index in [4.69, 9.17) is 0 Å². The SMILES string of the molecule is CC(C)(C)c1ccc(N(c2ccc(C(C)(C)C)cc2)N(c2ccccc2)c2ccccc2)cc1. The van der Waals surface area contributed by atoms with E-state index in [0.29, 0.717) is 0 Å². The van der Waals surface area contributed by atoms with Gasteiger partial charge in [0.25, 0.3) is 0 Å². The van der Waals surface area contributed by atoms with Gasteiger partial charge in [-0.3, -0.25) is 0 Å². The Hall–Kier alpha value is -3.52. The first-order chi connectivity index (χ1) is 16.1. The summed E-state index contributed by atoms with van der Waals surface area (Å²) in [6, 6.07) is 39.1. The molecule has 0 aliphatic rings. The van der Waals surface area contributed by atoms with Crippen LogP contribution in [0.25, 0.3) is 0 Å². The number of nitrogens with zero attached hydrogens (tertiary/aromatic N) is 2. The van der Waals surface area contributed by atoms with Gasteiger partial charge >= 0.3 is 0 Å². The van der Waals surface area contributed by atoms with E-state index in [-0.39, 0.29) is 10.8 Å². The van der Waals surface area contributed by atoms with Crippen LogP contribution < -0.4 is 10.0 Å². The highest BCUT2D eigenvalue weighted by Crippen LogP contribution is 2.38. The molecule has 4 aromatic carbocycles. The molecule has 0 spiro atoms. The van der Waals surface area contributed by atoms with E-state index in [0.717, 1.165) is 22.7 Å². The van der Waals surface area contributed by atoms with E-state index < -0.39 is 0 Å². The molecule has 0 aliphatic heterocycles. The Morgan fingerprint density at radius 2 is 0.618 bits per heavy atom. The summed E-state index contributed by atoms with van der Waals surface area (Å²) in [4.78, 5) is 0. The summed E-state index contributed by atoms with van der Waals surface area (Å²) in [5.41, 5.74) is 7.30. The first-order valence-corrected chi connectivity index (χ1v) is 12.1. The molecule has 0 saturated heterocycles. The Kier molecular flexibility index (Phi) is 6.52. The molecule has 0 amide bonds. The molecule has 0 fully saturated rings. The molecule has 0 N–H and O–H groups in total. The smallest absolute Gasteiger partial charge is 0.0637 e. The van der Waals surface area contributed by atoms with E-state index in [1.807, 2.05) is 0 Å². The predicted octanol–water partition coefficient (Wildman–Crippen LogP) is 9.17. The van der Waals surface area contributed by atoms with Crippen LogP contribution in [0.5, 0.6) is 0 Å². The summed E-state index contributed by atoms with van der Waals surface area (Å²) in [5.74, 6) is 0. The van der Waals surface area contributed by atoms with Crippen LogP contribution in [0.2, 0.25) is 0 Å². The average Bonchev–Trinajstić information content (AvgIpc) is 2.83. The van der Waals surface area contributed by atoms with Crippen LogP contribution in [0.1, 0.15) is 52.7 Å². The van der Waals surface area contributed by atoms with Crippen molar-refractivity contribution < 1.29 is 0 Å². The molecule has 0 atom stereocenters. The summed E-state index contributed by atoms with van der Waals surface area (Å²) < 4.78 is 0. The molecule has 0 saturated carbocycles. The second kappa shape index (κ2) is 9.38. The molecule has 4 rings (SSSR count). The van der Waals surface area contributed by atoms with E-state index in [2.05, 4.69) is 161 Å². The van der Waals surface area contributed by atoms with Crippen molar-refractivity contribution in [2.45, 2.75) is 52.4 Å². The zero-order valence-corrected chi connectivity index (χ0v) is 21.3. The second-order valence-electron chi connectivity index (χ2n) is 10.9. The lowest BCUT2D eigenvalue weighted by Gasteiger charge is -2.39. The fourth-order valence-electron chi connectivity index (χ4n) is 4.10. The van der Waals surface area contributed by atoms with Gasteiger partial charge in [0.15, 0.2) is 0 Å². The molecule has 0 unspecified atom stereocenters. The second-order valence-corrected chi connectivity index (χ2v) is 10.9. The lowest BCUT2D eigenvalue weighted by atomic mass is 9.87. The molecular formula is C32H36N2. The first-order valence-electron chi connectivity index (χ1n) is 12.1. The van der Waals surface area contributed by atoms with Gasteiger partial charge in [-0.05, 0) is 70.5 Å². The maximum atomic E-state index is 2.31. The highest BCUT2D eigenvalue weighted by Gasteiger charge is 2.23. The topological polar surface area (TPSA) is 6.48 Å². The molecule has 0 aromatic heterocycles. The van der Waals surface area contributed by atoms with Crippen LogP contribution in [0, 0.1) is 0 Å². The van der Waals surface area contributed by atoms with Crippen LogP contribution in [0.4, 0.5) is 22.7 Å². The highest BCUT2D eigenvalue weighted by atomic mass is 15.6. The van der Waals surface area contributed by atoms with Crippen LogP contribution >= 0.6 is 0 Å². The van der Waals surface area contributed by atoms with E-state index >= 15 is 0 Å². The van der Waals surface area contributed by atoms with Gasteiger partial charge in [-0.25, -0.2) is 10.0 Å². The summed E-state index contributed by atoms with van der Waals surface area (Å²) in [5, 5.41) is 4.60. The predicted molar refractivity (Wildman–Crippen MR) is 147 cm³/mol. The summed E-state index contributed by atoms with van der Waals surface area (Å²) in [6.07, 6.45) is 0. The van der Waals surface area contributed by atoms with Gasteiger partial charge in [0.2, 0.25) is 0 Å². The molecule has 0 aliphatic carbocycles. The number of benzene rings is 4. The van der Waals surface area contributed by atoms with E-state index in [9.17, 15) is 0 Å². The number of para-hydroxylation sites is 2. The van der Waals surface area contributed by atoms with Crippen molar-refractivity contribution in [3.05, 3.63) is 120 Å². The van der Waals surface area contributed by atoms with Crippen LogP contribution in [0.3, 0.4) is 0 Å². The molecular weight excluding hydrogens is 412 g/mol. The number of hydrogen-bond acceptors (Lipinski definition) is 2. The van der Waals surface area contributed by atoms with Gasteiger partial charge in [-0.2, -0.15) is 0 Å². The molecule has 2 heteroatoms. The zero-order valence-electron chi connectivity index (χ0n) is 21.3. The summed E-state index contributed by atoms with van der Waals surface area (Å²) >= 11 is 0. The van der Waals surface area contributed by atoms with Crippen LogP contribution in [-0.4, -0.2) is 0 Å². The van der Waals surface area contributed by atoms with Crippen molar-refractivity contribution in [2.75, 3.05) is 10.0 Å². The zero-order chi connectivity index (χ0) is 24.3. The fourth-order valence-corrected chi connectivity index (χ4v) is 4.10. The van der Waals surface area contributed by atoms with Crippen LogP contribution in [-0.2, 0) is 10.8 Å². The van der Waals surface area contributed by atoms with Gasteiger partial charge in [-0.15, -0.1) is 0 Å². The number of anilines is 4. The van der Waals surface area contributed by atoms with Crippen molar-refractivity contribution in [3.63, 3.8) is 0 Å². The maximum absolute atomic E-state index is 2.31. The lowest BCUT2D eigenvalue weighted by molar-refractivity contribution is 0.590. The quantitative estimate of drug-likeness (QED) is 0.281. The lowest BCUT2D eigenvalue weighted by Crippen LogP contribution is -2.36. The summed E-state index contributed by atoms with van der Waals surface area (Å²) in [6.45, 7) is 13.5. The third kappa shape index (κ3) is 5.17. The normalized spacial score (nSPS) is 11.8. The largest absolute Gasteiger partial charge is 0.249 e. The Morgan fingerprint density at radius 1 is 0.353 bits per heavy atom. The van der Waals surface area contributed by atoms with Crippen molar-refractivity contribution in [1.82, 2.24) is 0 Å². The monoisotopic (exact) mass is 448 g/mol. The molecule has 174 valence electrons. The average molecular weight is 449 g/mol. The van der Waals surface area contributed by atoms with Gasteiger partial charge in [0.05, 0.1) is 22.7 Å².